The van der Waals surface area contributed by atoms with Gasteiger partial charge in [-0.2, -0.15) is 16.5 Å². The number of sulfonamides is 1. The number of nitrogens with one attached hydrogen (secondary N) is 2. The van der Waals surface area contributed by atoms with E-state index in [1.807, 2.05) is 6.26 Å². The fraction of sp³-hybridized carbons (Fsp3) is 0.312. The molecule has 0 saturated carbocycles. The van der Waals surface area contributed by atoms with Gasteiger partial charge < -0.3 is 9.73 Å². The average molecular weight is 386 g/mol. The highest BCUT2D eigenvalue weighted by atomic mass is 32.2. The lowest BCUT2D eigenvalue weighted by Crippen LogP contribution is -2.46. The summed E-state index contributed by atoms with van der Waals surface area (Å²) in [6.45, 7) is 0.142. The Morgan fingerprint density at radius 2 is 2.04 bits per heavy atom. The second-order valence-corrected chi connectivity index (χ2v) is 7.85. The number of hydrogen-bond acceptors (Lipinski definition) is 5. The maximum atomic E-state index is 13.8. The van der Waals surface area contributed by atoms with Crippen LogP contribution in [-0.2, 0) is 21.4 Å². The van der Waals surface area contributed by atoms with E-state index in [4.69, 9.17) is 4.42 Å². The summed E-state index contributed by atoms with van der Waals surface area (Å²) in [5, 5.41) is 2.62. The van der Waals surface area contributed by atoms with Crippen LogP contribution in [0.1, 0.15) is 12.2 Å². The van der Waals surface area contributed by atoms with E-state index in [0.717, 1.165) is 12.1 Å². The van der Waals surface area contributed by atoms with Gasteiger partial charge in [-0.1, -0.05) is 12.1 Å². The summed E-state index contributed by atoms with van der Waals surface area (Å²) in [6, 6.07) is 7.41. The Morgan fingerprint density at radius 3 is 2.68 bits per heavy atom. The number of furan rings is 1. The van der Waals surface area contributed by atoms with Gasteiger partial charge in [0.05, 0.1) is 12.8 Å². The third-order valence-corrected chi connectivity index (χ3v) is 5.52. The highest BCUT2D eigenvalue weighted by Crippen LogP contribution is 2.15. The lowest BCUT2D eigenvalue weighted by Gasteiger charge is -2.18. The predicted molar refractivity (Wildman–Crippen MR) is 94.1 cm³/mol. The van der Waals surface area contributed by atoms with Crippen molar-refractivity contribution < 1.29 is 22.0 Å². The van der Waals surface area contributed by atoms with E-state index in [1.165, 1.54) is 30.2 Å². The molecule has 6 nitrogen and oxygen atoms in total. The Labute approximate surface area is 150 Å². The van der Waals surface area contributed by atoms with Crippen LogP contribution in [-0.4, -0.2) is 32.4 Å². The molecule has 0 bridgehead atoms. The summed E-state index contributed by atoms with van der Waals surface area (Å²) < 4.78 is 46.0. The van der Waals surface area contributed by atoms with Crippen LogP contribution in [0, 0.1) is 5.82 Å². The first-order chi connectivity index (χ1) is 11.9. The fourth-order valence-electron chi connectivity index (χ4n) is 2.10. The largest absolute Gasteiger partial charge is 0.467 e. The molecule has 0 saturated heterocycles. The van der Waals surface area contributed by atoms with Gasteiger partial charge in [0.25, 0.3) is 0 Å². The standard InChI is InChI=1S/C16H19FN2O4S2/c1-24-10-8-14(16(20)18-11-12-5-4-9-23-12)19-25(21,22)15-7-3-2-6-13(15)17/h2-7,9,14,19H,8,10-11H2,1H3,(H,18,20)/t14-/m0/s1. The molecule has 1 heterocycles. The molecular formula is C16H19FN2O4S2. The zero-order chi connectivity index (χ0) is 18.3. The normalized spacial score (nSPS) is 12.7. The van der Waals surface area contributed by atoms with E-state index in [-0.39, 0.29) is 13.0 Å². The topological polar surface area (TPSA) is 88.4 Å². The second kappa shape index (κ2) is 9.02. The molecule has 2 aromatic rings. The first kappa shape index (κ1) is 19.5. The molecule has 25 heavy (non-hydrogen) atoms. The number of halogens is 1. The summed E-state index contributed by atoms with van der Waals surface area (Å²) >= 11 is 1.48. The summed E-state index contributed by atoms with van der Waals surface area (Å²) in [4.78, 5) is 11.9. The molecule has 0 aliphatic rings. The molecule has 2 N–H and O–H groups in total. The van der Waals surface area contributed by atoms with Gasteiger partial charge in [0, 0.05) is 0 Å². The fourth-order valence-corrected chi connectivity index (χ4v) is 3.88. The number of carbonyl (C=O) groups is 1. The van der Waals surface area contributed by atoms with Crippen molar-refractivity contribution in [2.45, 2.75) is 23.9 Å². The molecule has 1 amide bonds. The average Bonchev–Trinajstić information content (AvgIpc) is 3.10. The van der Waals surface area contributed by atoms with Crippen LogP contribution in [0.3, 0.4) is 0 Å². The van der Waals surface area contributed by atoms with Crippen molar-refractivity contribution in [3.05, 3.63) is 54.2 Å². The van der Waals surface area contributed by atoms with Crippen molar-refractivity contribution in [2.75, 3.05) is 12.0 Å². The van der Waals surface area contributed by atoms with E-state index in [9.17, 15) is 17.6 Å². The van der Waals surface area contributed by atoms with E-state index in [1.54, 1.807) is 12.1 Å². The van der Waals surface area contributed by atoms with Gasteiger partial charge in [0.2, 0.25) is 15.9 Å². The minimum Gasteiger partial charge on any atom is -0.467 e. The van der Waals surface area contributed by atoms with Crippen molar-refractivity contribution in [3.8, 4) is 0 Å². The molecule has 0 spiro atoms. The van der Waals surface area contributed by atoms with Crippen LogP contribution >= 0.6 is 11.8 Å². The van der Waals surface area contributed by atoms with Gasteiger partial charge in [-0.15, -0.1) is 0 Å². The number of thioether (sulfide) groups is 1. The van der Waals surface area contributed by atoms with Crippen LogP contribution in [0.5, 0.6) is 0 Å². The quantitative estimate of drug-likeness (QED) is 0.689. The van der Waals surface area contributed by atoms with Gasteiger partial charge in [-0.3, -0.25) is 4.79 Å². The van der Waals surface area contributed by atoms with Gasteiger partial charge in [0.1, 0.15) is 22.5 Å². The van der Waals surface area contributed by atoms with Gasteiger partial charge in [0.15, 0.2) is 0 Å². The van der Waals surface area contributed by atoms with Gasteiger partial charge in [-0.25, -0.2) is 12.8 Å². The number of rotatable bonds is 9. The van der Waals surface area contributed by atoms with Gasteiger partial charge in [-0.05, 0) is 42.7 Å². The molecule has 0 unspecified atom stereocenters. The molecule has 0 aliphatic carbocycles. The molecule has 0 fully saturated rings. The minimum atomic E-state index is -4.16. The van der Waals surface area contributed by atoms with E-state index in [0.29, 0.717) is 11.5 Å². The lowest BCUT2D eigenvalue weighted by molar-refractivity contribution is -0.123. The third kappa shape index (κ3) is 5.58. The number of carbonyl (C=O) groups excluding carboxylic acids is 1. The van der Waals surface area contributed by atoms with Crippen molar-refractivity contribution in [1.82, 2.24) is 10.0 Å². The second-order valence-electron chi connectivity index (χ2n) is 5.18. The summed E-state index contributed by atoms with van der Waals surface area (Å²) in [5.74, 6) is -0.243. The van der Waals surface area contributed by atoms with E-state index >= 15 is 0 Å². The van der Waals surface area contributed by atoms with E-state index in [2.05, 4.69) is 10.0 Å². The lowest BCUT2D eigenvalue weighted by atomic mass is 10.2. The molecule has 1 aromatic heterocycles. The zero-order valence-corrected chi connectivity index (χ0v) is 15.2. The Hall–Kier alpha value is -1.84. The first-order valence-corrected chi connectivity index (χ1v) is 10.4. The molecular weight excluding hydrogens is 367 g/mol. The molecule has 1 atom stereocenters. The first-order valence-electron chi connectivity index (χ1n) is 7.50. The smallest absolute Gasteiger partial charge is 0.244 e. The highest BCUT2D eigenvalue weighted by Gasteiger charge is 2.27. The van der Waals surface area contributed by atoms with Crippen LogP contribution in [0.15, 0.2) is 52.0 Å². The molecule has 0 radical (unpaired) electrons. The summed E-state index contributed by atoms with van der Waals surface area (Å²) in [5.41, 5.74) is 0. The van der Waals surface area contributed by atoms with Crippen LogP contribution in [0.4, 0.5) is 4.39 Å². The maximum absolute atomic E-state index is 13.8. The van der Waals surface area contributed by atoms with Crippen LogP contribution in [0.25, 0.3) is 0 Å². The maximum Gasteiger partial charge on any atom is 0.244 e. The zero-order valence-electron chi connectivity index (χ0n) is 13.6. The molecule has 2 rings (SSSR count). The van der Waals surface area contributed by atoms with Crippen LogP contribution < -0.4 is 10.0 Å². The van der Waals surface area contributed by atoms with Crippen LogP contribution in [0.2, 0.25) is 0 Å². The third-order valence-electron chi connectivity index (χ3n) is 3.37. The number of benzene rings is 1. The summed E-state index contributed by atoms with van der Waals surface area (Å²) in [7, 11) is -4.16. The molecule has 1 aromatic carbocycles. The van der Waals surface area contributed by atoms with Gasteiger partial charge >= 0.3 is 0 Å². The molecule has 9 heteroatoms. The molecule has 136 valence electrons. The van der Waals surface area contributed by atoms with Crippen molar-refractivity contribution in [2.24, 2.45) is 0 Å². The monoisotopic (exact) mass is 386 g/mol. The Balaban J connectivity index is 2.10. The van der Waals surface area contributed by atoms with Crippen molar-refractivity contribution in [1.29, 1.82) is 0 Å². The Bertz CT molecular complexity index is 794. The highest BCUT2D eigenvalue weighted by molar-refractivity contribution is 7.98. The van der Waals surface area contributed by atoms with Crippen molar-refractivity contribution >= 4 is 27.7 Å². The predicted octanol–water partition coefficient (Wildman–Crippen LogP) is 2.14. The Kier molecular flexibility index (Phi) is 7.03. The Morgan fingerprint density at radius 1 is 1.28 bits per heavy atom. The van der Waals surface area contributed by atoms with Crippen molar-refractivity contribution in [3.63, 3.8) is 0 Å². The minimum absolute atomic E-state index is 0.142. The number of hydrogen-bond donors (Lipinski definition) is 2. The van der Waals surface area contributed by atoms with E-state index < -0.39 is 32.7 Å². The number of amides is 1. The SMILES string of the molecule is CSCC[C@H](NS(=O)(=O)c1ccccc1F)C(=O)NCc1ccco1. The summed E-state index contributed by atoms with van der Waals surface area (Å²) in [6.07, 6.45) is 3.61. The molecule has 0 aliphatic heterocycles.